The minimum absolute atomic E-state index is 0.0597. The summed E-state index contributed by atoms with van der Waals surface area (Å²) >= 11 is 0. The van der Waals surface area contributed by atoms with Crippen molar-refractivity contribution < 1.29 is 13.9 Å². The summed E-state index contributed by atoms with van der Waals surface area (Å²) in [6.45, 7) is 4.56. The van der Waals surface area contributed by atoms with E-state index in [4.69, 9.17) is 16.2 Å². The molecule has 2 aromatic carbocycles. The van der Waals surface area contributed by atoms with Crippen molar-refractivity contribution in [2.45, 2.75) is 32.5 Å². The highest BCUT2D eigenvalue weighted by atomic mass is 19.1. The molecule has 10 heteroatoms. The van der Waals surface area contributed by atoms with Gasteiger partial charge in [-0.2, -0.15) is 5.10 Å². The van der Waals surface area contributed by atoms with Gasteiger partial charge in [-0.1, -0.05) is 12.1 Å². The van der Waals surface area contributed by atoms with Crippen LogP contribution in [0.4, 0.5) is 21.7 Å². The molecule has 0 bridgehead atoms. The van der Waals surface area contributed by atoms with E-state index in [1.807, 2.05) is 48.9 Å². The molecule has 2 heterocycles. The minimum Gasteiger partial charge on any atom is -0.497 e. The molecule has 9 nitrogen and oxygen atoms in total. The van der Waals surface area contributed by atoms with Crippen molar-refractivity contribution >= 4 is 34.1 Å². The fraction of sp³-hybridized carbons (Fsp3) is 0.240. The lowest BCUT2D eigenvalue weighted by Gasteiger charge is -2.24. The molecule has 0 aliphatic carbocycles. The molecule has 0 saturated carbocycles. The number of nitrogens with one attached hydrogen (secondary N) is 2. The predicted octanol–water partition coefficient (Wildman–Crippen LogP) is 3.94. The second kappa shape index (κ2) is 9.98. The van der Waals surface area contributed by atoms with Gasteiger partial charge in [0.05, 0.1) is 30.4 Å². The summed E-state index contributed by atoms with van der Waals surface area (Å²) in [5, 5.41) is 11.4. The summed E-state index contributed by atoms with van der Waals surface area (Å²) < 4.78 is 22.1. The molecule has 0 aliphatic rings. The lowest BCUT2D eigenvalue weighted by molar-refractivity contribution is 0.100. The van der Waals surface area contributed by atoms with Crippen molar-refractivity contribution in [1.82, 2.24) is 14.8 Å². The third-order valence-corrected chi connectivity index (χ3v) is 5.74. The first kappa shape index (κ1) is 24.0. The highest BCUT2D eigenvalue weighted by Crippen LogP contribution is 2.29. The van der Waals surface area contributed by atoms with Gasteiger partial charge < -0.3 is 26.8 Å². The van der Waals surface area contributed by atoms with Gasteiger partial charge in [-0.3, -0.25) is 9.48 Å². The van der Waals surface area contributed by atoms with E-state index in [1.165, 1.54) is 0 Å². The van der Waals surface area contributed by atoms with E-state index in [-0.39, 0.29) is 23.2 Å². The summed E-state index contributed by atoms with van der Waals surface area (Å²) in [7, 11) is 1.58. The molecule has 2 unspecified atom stereocenters. The summed E-state index contributed by atoms with van der Waals surface area (Å²) in [6, 6.07) is 13.2. The number of hydrogen-bond donors (Lipinski definition) is 4. The Morgan fingerprint density at radius 2 is 1.91 bits per heavy atom. The van der Waals surface area contributed by atoms with Crippen LogP contribution in [0.2, 0.25) is 0 Å². The van der Waals surface area contributed by atoms with Crippen LogP contribution in [0, 0.1) is 5.82 Å². The Morgan fingerprint density at radius 3 is 2.54 bits per heavy atom. The molecule has 4 aromatic rings. The van der Waals surface area contributed by atoms with Gasteiger partial charge >= 0.3 is 0 Å². The first-order chi connectivity index (χ1) is 16.8. The van der Waals surface area contributed by atoms with Crippen LogP contribution in [0.5, 0.6) is 5.75 Å². The van der Waals surface area contributed by atoms with E-state index in [1.54, 1.807) is 25.4 Å². The number of methoxy groups -OCH3 is 1. The van der Waals surface area contributed by atoms with E-state index >= 15 is 4.39 Å². The summed E-state index contributed by atoms with van der Waals surface area (Å²) in [4.78, 5) is 16.4. The molecule has 0 saturated heterocycles. The first-order valence-electron chi connectivity index (χ1n) is 11.2. The largest absolute Gasteiger partial charge is 0.497 e. The molecule has 0 radical (unpaired) electrons. The Labute approximate surface area is 202 Å². The summed E-state index contributed by atoms with van der Waals surface area (Å²) in [5.41, 5.74) is 14.1. The molecule has 2 atom stereocenters. The number of nitrogens with two attached hydrogens (primary N) is 2. The van der Waals surface area contributed by atoms with Crippen LogP contribution in [-0.2, 0) is 6.54 Å². The number of aryl methyl sites for hydroxylation is 1. The monoisotopic (exact) mass is 477 g/mol. The van der Waals surface area contributed by atoms with Crippen LogP contribution in [-0.4, -0.2) is 33.8 Å². The average molecular weight is 478 g/mol. The van der Waals surface area contributed by atoms with Gasteiger partial charge in [0.25, 0.3) is 5.91 Å². The van der Waals surface area contributed by atoms with Gasteiger partial charge in [0.2, 0.25) is 0 Å². The number of ether oxygens (including phenoxy) is 1. The van der Waals surface area contributed by atoms with Crippen LogP contribution in [0.25, 0.3) is 10.9 Å². The maximum Gasteiger partial charge on any atom is 0.252 e. The molecule has 0 fully saturated rings. The van der Waals surface area contributed by atoms with E-state index < -0.39 is 17.8 Å². The Kier molecular flexibility index (Phi) is 6.83. The number of amides is 1. The number of anilines is 3. The number of benzene rings is 2. The predicted molar refractivity (Wildman–Crippen MR) is 134 cm³/mol. The highest BCUT2D eigenvalue weighted by Gasteiger charge is 2.22. The van der Waals surface area contributed by atoms with Crippen molar-refractivity contribution in [2.75, 3.05) is 17.7 Å². The van der Waals surface area contributed by atoms with Gasteiger partial charge in [-0.15, -0.1) is 0 Å². The SMILES string of the molecule is CCn1ncc2cc(Nc3nc(NC(c4ccc(OC)cc4)C(C)N)c(F)cc3C(N)=O)ccc21. The standard InChI is InChI=1S/C25H28FN7O2/c1-4-33-21-10-7-17(11-16(21)13-29-33)30-24-19(23(28)34)12-20(26)25(32-24)31-22(14(2)27)15-5-8-18(35-3)9-6-15/h5-14,22H,4,27H2,1-3H3,(H2,28,34)(H2,30,31,32). The van der Waals surface area contributed by atoms with Gasteiger partial charge in [0, 0.05) is 23.7 Å². The van der Waals surface area contributed by atoms with Crippen LogP contribution >= 0.6 is 0 Å². The zero-order valence-corrected chi connectivity index (χ0v) is 19.7. The number of pyridine rings is 1. The highest BCUT2D eigenvalue weighted by molar-refractivity contribution is 5.99. The number of nitrogens with zero attached hydrogens (tertiary/aromatic N) is 3. The normalized spacial score (nSPS) is 12.8. The summed E-state index contributed by atoms with van der Waals surface area (Å²) in [5.74, 6) is -0.759. The zero-order valence-electron chi connectivity index (χ0n) is 19.7. The van der Waals surface area contributed by atoms with Crippen LogP contribution in [0.3, 0.4) is 0 Å². The third-order valence-electron chi connectivity index (χ3n) is 5.74. The maximum atomic E-state index is 15.0. The maximum absolute atomic E-state index is 15.0. The quantitative estimate of drug-likeness (QED) is 0.287. The Hall–Kier alpha value is -4.18. The number of primary amides is 1. The number of carbonyl (C=O) groups is 1. The van der Waals surface area contributed by atoms with Crippen molar-refractivity contribution in [3.05, 3.63) is 71.7 Å². The number of halogens is 1. The average Bonchev–Trinajstić information content (AvgIpc) is 3.26. The fourth-order valence-electron chi connectivity index (χ4n) is 3.90. The topological polar surface area (TPSA) is 133 Å². The molecule has 0 aliphatic heterocycles. The van der Waals surface area contributed by atoms with Crippen molar-refractivity contribution in [2.24, 2.45) is 11.5 Å². The molecule has 4 rings (SSSR count). The van der Waals surface area contributed by atoms with E-state index in [0.717, 1.165) is 29.1 Å². The van der Waals surface area contributed by atoms with Gasteiger partial charge in [0.15, 0.2) is 11.6 Å². The first-order valence-corrected chi connectivity index (χ1v) is 11.2. The number of aromatic nitrogens is 3. The summed E-state index contributed by atoms with van der Waals surface area (Å²) in [6.07, 6.45) is 1.76. The smallest absolute Gasteiger partial charge is 0.252 e. The number of fused-ring (bicyclic) bond motifs is 1. The van der Waals surface area contributed by atoms with Gasteiger partial charge in [-0.25, -0.2) is 9.37 Å². The minimum atomic E-state index is -0.802. The van der Waals surface area contributed by atoms with Crippen LogP contribution in [0.15, 0.2) is 54.7 Å². The second-order valence-corrected chi connectivity index (χ2v) is 8.19. The van der Waals surface area contributed by atoms with Gasteiger partial charge in [0.1, 0.15) is 11.6 Å². The zero-order chi connectivity index (χ0) is 25.1. The second-order valence-electron chi connectivity index (χ2n) is 8.19. The lowest BCUT2D eigenvalue weighted by atomic mass is 10.0. The van der Waals surface area contributed by atoms with Crippen molar-refractivity contribution in [3.8, 4) is 5.75 Å². The van der Waals surface area contributed by atoms with E-state index in [0.29, 0.717) is 11.4 Å². The van der Waals surface area contributed by atoms with Gasteiger partial charge in [-0.05, 0) is 55.8 Å². The number of carbonyl (C=O) groups excluding carboxylic acids is 1. The van der Waals surface area contributed by atoms with Crippen LogP contribution < -0.4 is 26.8 Å². The number of rotatable bonds is 9. The van der Waals surface area contributed by atoms with Crippen molar-refractivity contribution in [1.29, 1.82) is 0 Å². The molecule has 1 amide bonds. The molecule has 35 heavy (non-hydrogen) atoms. The fourth-order valence-corrected chi connectivity index (χ4v) is 3.90. The third kappa shape index (κ3) is 5.02. The number of hydrogen-bond acceptors (Lipinski definition) is 7. The Bertz CT molecular complexity index is 1350. The molecule has 6 N–H and O–H groups in total. The molecular formula is C25H28FN7O2. The Balaban J connectivity index is 1.68. The molecular weight excluding hydrogens is 449 g/mol. The van der Waals surface area contributed by atoms with E-state index in [9.17, 15) is 4.79 Å². The lowest BCUT2D eigenvalue weighted by Crippen LogP contribution is -2.31. The van der Waals surface area contributed by atoms with Crippen molar-refractivity contribution in [3.63, 3.8) is 0 Å². The molecule has 0 spiro atoms. The Morgan fingerprint density at radius 1 is 1.17 bits per heavy atom. The molecule has 182 valence electrons. The van der Waals surface area contributed by atoms with E-state index in [2.05, 4.69) is 20.7 Å². The molecule has 2 aromatic heterocycles. The van der Waals surface area contributed by atoms with Crippen LogP contribution in [0.1, 0.15) is 35.8 Å².